The molecule has 1 aliphatic heterocycles. The van der Waals surface area contributed by atoms with E-state index in [1.807, 2.05) is 0 Å². The Hall–Kier alpha value is -1.52. The highest BCUT2D eigenvalue weighted by Gasteiger charge is 2.09. The van der Waals surface area contributed by atoms with Crippen LogP contribution in [0.4, 0.5) is 4.79 Å². The number of hydrogen-bond acceptors (Lipinski definition) is 2. The van der Waals surface area contributed by atoms with Gasteiger partial charge in [0.25, 0.3) is 0 Å². The lowest BCUT2D eigenvalue weighted by atomic mass is 10.3. The van der Waals surface area contributed by atoms with Crippen molar-refractivity contribution in [1.29, 1.82) is 0 Å². The average molecular weight is 139 g/mol. The van der Waals surface area contributed by atoms with Gasteiger partial charge in [-0.15, -0.1) is 0 Å². The van der Waals surface area contributed by atoms with Crippen LogP contribution in [0.3, 0.4) is 0 Å². The van der Waals surface area contributed by atoms with E-state index in [2.05, 4.69) is 9.98 Å². The monoisotopic (exact) mass is 139 g/mol. The van der Waals surface area contributed by atoms with Gasteiger partial charge in [-0.25, -0.2) is 4.79 Å². The highest BCUT2D eigenvalue weighted by molar-refractivity contribution is 6.40. The van der Waals surface area contributed by atoms with E-state index in [1.54, 1.807) is 0 Å². The van der Waals surface area contributed by atoms with E-state index in [4.69, 9.17) is 5.73 Å². The van der Waals surface area contributed by atoms with Gasteiger partial charge >= 0.3 is 6.03 Å². The molecule has 2 N–H and O–H groups in total. The second kappa shape index (κ2) is 2.38. The van der Waals surface area contributed by atoms with E-state index in [1.165, 1.54) is 6.21 Å². The molecule has 0 spiro atoms. The molecule has 5 heteroatoms. The fraction of sp³-hybridized carbons (Fsp3) is 0.200. The molecule has 3 amide bonds. The molecule has 0 aromatic rings. The number of urea groups is 1. The van der Waals surface area contributed by atoms with Crippen molar-refractivity contribution in [1.82, 2.24) is 0 Å². The Balaban J connectivity index is 2.60. The van der Waals surface area contributed by atoms with Crippen LogP contribution in [0.15, 0.2) is 9.98 Å². The molecule has 0 aromatic carbocycles. The van der Waals surface area contributed by atoms with E-state index in [0.29, 0.717) is 5.71 Å². The van der Waals surface area contributed by atoms with Gasteiger partial charge in [0.1, 0.15) is 0 Å². The first-order valence-corrected chi connectivity index (χ1v) is 2.62. The molecule has 0 fully saturated rings. The lowest BCUT2D eigenvalue weighted by molar-refractivity contribution is -0.116. The molecular formula is C5H5N3O2. The lowest BCUT2D eigenvalue weighted by Crippen LogP contribution is -2.15. The van der Waals surface area contributed by atoms with Crippen molar-refractivity contribution in [2.75, 3.05) is 0 Å². The summed E-state index contributed by atoms with van der Waals surface area (Å²) >= 11 is 0. The summed E-state index contributed by atoms with van der Waals surface area (Å²) in [5.41, 5.74) is 5.16. The smallest absolute Gasteiger partial charge is 0.367 e. The SMILES string of the molecule is NC(=O)CC1=NC(=O)N=C1. The van der Waals surface area contributed by atoms with Gasteiger partial charge in [-0.3, -0.25) is 4.79 Å². The molecule has 0 saturated carbocycles. The van der Waals surface area contributed by atoms with Crippen LogP contribution in [0.25, 0.3) is 0 Å². The van der Waals surface area contributed by atoms with Crippen molar-refractivity contribution >= 4 is 23.9 Å². The predicted molar refractivity (Wildman–Crippen MR) is 35.1 cm³/mol. The Bertz CT molecular complexity index is 241. The third-order valence-corrected chi connectivity index (χ3v) is 0.919. The maximum atomic E-state index is 10.3. The van der Waals surface area contributed by atoms with E-state index in [9.17, 15) is 9.59 Å². The number of primary amides is 1. The van der Waals surface area contributed by atoms with Crippen molar-refractivity contribution < 1.29 is 9.59 Å². The Morgan fingerprint density at radius 3 is 2.80 bits per heavy atom. The Labute approximate surface area is 56.6 Å². The zero-order valence-electron chi connectivity index (χ0n) is 5.07. The largest absolute Gasteiger partial charge is 0.369 e. The van der Waals surface area contributed by atoms with Gasteiger partial charge in [-0.2, -0.15) is 9.98 Å². The minimum absolute atomic E-state index is 0.0186. The summed E-state index contributed by atoms with van der Waals surface area (Å²) in [4.78, 5) is 27.2. The van der Waals surface area contributed by atoms with Crippen LogP contribution in [-0.4, -0.2) is 23.9 Å². The van der Waals surface area contributed by atoms with E-state index in [-0.39, 0.29) is 6.42 Å². The standard InChI is InChI=1S/C5H5N3O2/c6-4(9)1-3-2-7-5(10)8-3/h2H,1H2,(H2,6,9). The Morgan fingerprint density at radius 1 is 1.70 bits per heavy atom. The molecule has 5 nitrogen and oxygen atoms in total. The highest BCUT2D eigenvalue weighted by Crippen LogP contribution is 1.94. The van der Waals surface area contributed by atoms with Gasteiger partial charge in [0.15, 0.2) is 0 Å². The van der Waals surface area contributed by atoms with Gasteiger partial charge in [0.05, 0.1) is 18.3 Å². The quantitative estimate of drug-likeness (QED) is 0.559. The van der Waals surface area contributed by atoms with Crippen LogP contribution in [-0.2, 0) is 4.79 Å². The van der Waals surface area contributed by atoms with Crippen molar-refractivity contribution in [3.05, 3.63) is 0 Å². The van der Waals surface area contributed by atoms with Crippen molar-refractivity contribution in [2.24, 2.45) is 15.7 Å². The minimum atomic E-state index is -0.573. The molecule has 0 atom stereocenters. The molecule has 0 unspecified atom stereocenters. The lowest BCUT2D eigenvalue weighted by Gasteiger charge is -1.86. The van der Waals surface area contributed by atoms with Crippen LogP contribution < -0.4 is 5.73 Å². The number of carbonyl (C=O) groups excluding carboxylic acids is 2. The molecule has 0 bridgehead atoms. The van der Waals surface area contributed by atoms with E-state index in [0.717, 1.165) is 0 Å². The first-order chi connectivity index (χ1) is 4.68. The van der Waals surface area contributed by atoms with Crippen LogP contribution in [0.2, 0.25) is 0 Å². The number of amides is 3. The third-order valence-electron chi connectivity index (χ3n) is 0.919. The normalized spacial score (nSPS) is 15.6. The van der Waals surface area contributed by atoms with Crippen LogP contribution in [0.1, 0.15) is 6.42 Å². The van der Waals surface area contributed by atoms with Crippen LogP contribution >= 0.6 is 0 Å². The Morgan fingerprint density at radius 2 is 2.40 bits per heavy atom. The number of nitrogens with two attached hydrogens (primary N) is 1. The van der Waals surface area contributed by atoms with Crippen LogP contribution in [0.5, 0.6) is 0 Å². The van der Waals surface area contributed by atoms with Gasteiger partial charge in [-0.1, -0.05) is 0 Å². The molecule has 0 aliphatic carbocycles. The fourth-order valence-corrected chi connectivity index (χ4v) is 0.574. The third kappa shape index (κ3) is 1.48. The van der Waals surface area contributed by atoms with Crippen molar-refractivity contribution in [3.8, 4) is 0 Å². The summed E-state index contributed by atoms with van der Waals surface area (Å²) in [5, 5.41) is 0. The fourth-order valence-electron chi connectivity index (χ4n) is 0.574. The zero-order chi connectivity index (χ0) is 7.56. The summed E-state index contributed by atoms with van der Waals surface area (Å²) in [6.45, 7) is 0. The van der Waals surface area contributed by atoms with Gasteiger partial charge in [-0.05, 0) is 0 Å². The number of carbonyl (C=O) groups is 2. The number of rotatable bonds is 2. The Kier molecular flexibility index (Phi) is 1.57. The number of aliphatic imine (C=N–C) groups is 2. The molecule has 1 rings (SSSR count). The molecule has 10 heavy (non-hydrogen) atoms. The van der Waals surface area contributed by atoms with Gasteiger partial charge < -0.3 is 5.73 Å². The first kappa shape index (κ1) is 6.60. The predicted octanol–water partition coefficient (Wildman–Crippen LogP) is -0.493. The number of hydrogen-bond donors (Lipinski definition) is 1. The topological polar surface area (TPSA) is 84.9 Å². The average Bonchev–Trinajstić information content (AvgIpc) is 2.13. The van der Waals surface area contributed by atoms with Crippen molar-refractivity contribution in [2.45, 2.75) is 6.42 Å². The summed E-state index contributed by atoms with van der Waals surface area (Å²) in [5.74, 6) is -0.514. The first-order valence-electron chi connectivity index (χ1n) is 2.62. The summed E-state index contributed by atoms with van der Waals surface area (Å²) < 4.78 is 0. The zero-order valence-corrected chi connectivity index (χ0v) is 5.07. The molecular weight excluding hydrogens is 134 g/mol. The van der Waals surface area contributed by atoms with E-state index < -0.39 is 11.9 Å². The van der Waals surface area contributed by atoms with E-state index >= 15 is 0 Å². The maximum absolute atomic E-state index is 10.3. The van der Waals surface area contributed by atoms with Crippen LogP contribution in [0, 0.1) is 0 Å². The molecule has 0 saturated heterocycles. The molecule has 0 aromatic heterocycles. The summed E-state index contributed by atoms with van der Waals surface area (Å²) in [7, 11) is 0. The molecule has 52 valence electrons. The van der Waals surface area contributed by atoms with Gasteiger partial charge in [0.2, 0.25) is 5.91 Å². The summed E-state index contributed by atoms with van der Waals surface area (Å²) in [6, 6.07) is -0.573. The van der Waals surface area contributed by atoms with Gasteiger partial charge in [0, 0.05) is 0 Å². The summed E-state index contributed by atoms with van der Waals surface area (Å²) in [6.07, 6.45) is 1.22. The molecule has 0 radical (unpaired) electrons. The molecule has 1 heterocycles. The van der Waals surface area contributed by atoms with Crippen molar-refractivity contribution in [3.63, 3.8) is 0 Å². The highest BCUT2D eigenvalue weighted by atomic mass is 16.2. The second-order valence-electron chi connectivity index (χ2n) is 1.79. The number of nitrogens with zero attached hydrogens (tertiary/aromatic N) is 2. The second-order valence-corrected chi connectivity index (χ2v) is 1.79. The molecule has 1 aliphatic rings. The minimum Gasteiger partial charge on any atom is -0.369 e. The maximum Gasteiger partial charge on any atom is 0.367 e.